The first kappa shape index (κ1) is 16.7. The van der Waals surface area contributed by atoms with Crippen molar-refractivity contribution in [2.45, 2.75) is 13.8 Å². The zero-order valence-electron chi connectivity index (χ0n) is 15.1. The van der Waals surface area contributed by atoms with Crippen molar-refractivity contribution < 1.29 is 4.74 Å². The van der Waals surface area contributed by atoms with Crippen molar-refractivity contribution in [2.24, 2.45) is 0 Å². The Morgan fingerprint density at radius 3 is 2.74 bits per heavy atom. The predicted molar refractivity (Wildman–Crippen MR) is 107 cm³/mol. The van der Waals surface area contributed by atoms with E-state index in [1.54, 1.807) is 12.1 Å². The molecule has 0 saturated carbocycles. The smallest absolute Gasteiger partial charge is 0.146 e. The van der Waals surface area contributed by atoms with Crippen molar-refractivity contribution in [3.63, 3.8) is 0 Å². The zero-order valence-corrected chi connectivity index (χ0v) is 15.1. The lowest BCUT2D eigenvalue weighted by Gasteiger charge is -2.12. The van der Waals surface area contributed by atoms with E-state index in [9.17, 15) is 5.26 Å². The minimum Gasteiger partial charge on any atom is -0.457 e. The number of hydrogen-bond acceptors (Lipinski definition) is 4. The van der Waals surface area contributed by atoms with Crippen LogP contribution in [0.25, 0.3) is 10.9 Å². The molecule has 0 saturated heterocycles. The summed E-state index contributed by atoms with van der Waals surface area (Å²) in [7, 11) is 0. The van der Waals surface area contributed by atoms with E-state index in [2.05, 4.69) is 27.4 Å². The van der Waals surface area contributed by atoms with Gasteiger partial charge in [0.05, 0.1) is 0 Å². The number of rotatable bonds is 4. The molecule has 2 aromatic carbocycles. The van der Waals surface area contributed by atoms with Crippen LogP contribution in [0.15, 0.2) is 60.8 Å². The number of aryl methyl sites for hydroxylation is 2. The monoisotopic (exact) mass is 354 g/mol. The lowest BCUT2D eigenvalue weighted by molar-refractivity contribution is 0.478. The molecule has 5 nitrogen and oxygen atoms in total. The van der Waals surface area contributed by atoms with Crippen molar-refractivity contribution in [1.82, 2.24) is 9.97 Å². The van der Waals surface area contributed by atoms with E-state index in [0.29, 0.717) is 17.3 Å². The molecule has 0 radical (unpaired) electrons. The molecular formula is C22H18N4O. The molecule has 0 bridgehead atoms. The number of nitriles is 1. The van der Waals surface area contributed by atoms with Crippen LogP contribution in [0.1, 0.15) is 16.8 Å². The highest BCUT2D eigenvalue weighted by atomic mass is 16.5. The van der Waals surface area contributed by atoms with Gasteiger partial charge in [0.1, 0.15) is 29.1 Å². The van der Waals surface area contributed by atoms with Crippen molar-refractivity contribution in [1.29, 1.82) is 5.26 Å². The Hall–Kier alpha value is -3.78. The fourth-order valence-electron chi connectivity index (χ4n) is 3.00. The highest BCUT2D eigenvalue weighted by Gasteiger charge is 2.08. The highest BCUT2D eigenvalue weighted by Crippen LogP contribution is 2.29. The number of anilines is 2. The van der Waals surface area contributed by atoms with Crippen LogP contribution in [0.3, 0.4) is 0 Å². The number of benzene rings is 2. The fraction of sp³-hybridized carbons (Fsp3) is 0.0909. The van der Waals surface area contributed by atoms with Gasteiger partial charge in [-0.2, -0.15) is 5.26 Å². The fourth-order valence-corrected chi connectivity index (χ4v) is 3.00. The van der Waals surface area contributed by atoms with Gasteiger partial charge in [0.15, 0.2) is 0 Å². The maximum atomic E-state index is 9.32. The van der Waals surface area contributed by atoms with Gasteiger partial charge in [-0.3, -0.25) is 0 Å². The minimum absolute atomic E-state index is 0.292. The lowest BCUT2D eigenvalue weighted by atomic mass is 10.1. The second-order valence-electron chi connectivity index (χ2n) is 6.46. The summed E-state index contributed by atoms with van der Waals surface area (Å²) in [6.45, 7) is 4.04. The van der Waals surface area contributed by atoms with Gasteiger partial charge in [0, 0.05) is 29.5 Å². The quantitative estimate of drug-likeness (QED) is 0.501. The van der Waals surface area contributed by atoms with Crippen LogP contribution in [-0.4, -0.2) is 9.97 Å². The predicted octanol–water partition coefficient (Wildman–Crippen LogP) is 5.59. The zero-order chi connectivity index (χ0) is 18.8. The molecule has 0 fully saturated rings. The number of nitrogens with zero attached hydrogens (tertiary/aromatic N) is 2. The number of aromatic nitrogens is 2. The molecule has 27 heavy (non-hydrogen) atoms. The molecule has 2 N–H and O–H groups in total. The Labute approximate surface area is 157 Å². The maximum Gasteiger partial charge on any atom is 0.146 e. The van der Waals surface area contributed by atoms with Crippen molar-refractivity contribution in [3.05, 3.63) is 77.6 Å². The molecule has 4 rings (SSSR count). The Morgan fingerprint density at radius 1 is 1.04 bits per heavy atom. The summed E-state index contributed by atoms with van der Waals surface area (Å²) >= 11 is 0. The normalized spacial score (nSPS) is 10.6. The summed E-state index contributed by atoms with van der Waals surface area (Å²) in [5, 5.41) is 13.7. The molecule has 0 atom stereocenters. The molecule has 0 aliphatic rings. The molecule has 5 heteroatoms. The molecule has 132 valence electrons. The molecular weight excluding hydrogens is 336 g/mol. The Bertz CT molecular complexity index is 1170. The standard InChI is InChI=1S/C22H18N4O/c1-14-3-6-21(15(2)9-14)27-19-10-18(13-23)26-22(12-19)25-17-5-4-16-7-8-24-20(16)11-17/h3-12,24H,1-2H3,(H,25,26). The molecule has 4 aromatic rings. The number of pyridine rings is 1. The van der Waals surface area contributed by atoms with E-state index in [0.717, 1.165) is 27.9 Å². The summed E-state index contributed by atoms with van der Waals surface area (Å²) in [6.07, 6.45) is 1.90. The van der Waals surface area contributed by atoms with Gasteiger partial charge < -0.3 is 15.0 Å². The van der Waals surface area contributed by atoms with Gasteiger partial charge in [-0.1, -0.05) is 23.8 Å². The number of nitrogens with one attached hydrogen (secondary N) is 2. The third kappa shape index (κ3) is 3.60. The molecule has 0 spiro atoms. The summed E-state index contributed by atoms with van der Waals surface area (Å²) in [5.41, 5.74) is 4.42. The van der Waals surface area contributed by atoms with E-state index in [-0.39, 0.29) is 0 Å². The SMILES string of the molecule is Cc1ccc(Oc2cc(C#N)nc(Nc3ccc4cc[nH]c4c3)c2)c(C)c1. The number of fused-ring (bicyclic) bond motifs is 1. The summed E-state index contributed by atoms with van der Waals surface area (Å²) in [5.74, 6) is 1.88. The summed E-state index contributed by atoms with van der Waals surface area (Å²) < 4.78 is 6.01. The van der Waals surface area contributed by atoms with Gasteiger partial charge in [0.25, 0.3) is 0 Å². The molecule has 0 aliphatic carbocycles. The van der Waals surface area contributed by atoms with Gasteiger partial charge in [-0.25, -0.2) is 4.98 Å². The molecule has 0 unspecified atom stereocenters. The van der Waals surface area contributed by atoms with Gasteiger partial charge in [-0.15, -0.1) is 0 Å². The second kappa shape index (κ2) is 6.85. The molecule has 2 aromatic heterocycles. The molecule has 0 amide bonds. The average Bonchev–Trinajstić information content (AvgIpc) is 3.11. The van der Waals surface area contributed by atoms with E-state index in [1.165, 1.54) is 5.56 Å². The van der Waals surface area contributed by atoms with Crippen LogP contribution in [0.4, 0.5) is 11.5 Å². The third-order valence-electron chi connectivity index (χ3n) is 4.30. The van der Waals surface area contributed by atoms with E-state index < -0.39 is 0 Å². The first-order valence-corrected chi connectivity index (χ1v) is 8.62. The van der Waals surface area contributed by atoms with Crippen LogP contribution < -0.4 is 10.1 Å². The van der Waals surface area contributed by atoms with E-state index in [1.807, 2.05) is 56.4 Å². The molecule has 2 heterocycles. The Morgan fingerprint density at radius 2 is 1.93 bits per heavy atom. The number of hydrogen-bond donors (Lipinski definition) is 2. The largest absolute Gasteiger partial charge is 0.457 e. The highest BCUT2D eigenvalue weighted by molar-refractivity contribution is 5.83. The maximum absolute atomic E-state index is 9.32. The van der Waals surface area contributed by atoms with Crippen LogP contribution >= 0.6 is 0 Å². The Kier molecular flexibility index (Phi) is 4.23. The van der Waals surface area contributed by atoms with Crippen molar-refractivity contribution in [2.75, 3.05) is 5.32 Å². The van der Waals surface area contributed by atoms with Crippen LogP contribution in [-0.2, 0) is 0 Å². The molecule has 0 aliphatic heterocycles. The second-order valence-corrected chi connectivity index (χ2v) is 6.46. The number of H-pyrrole nitrogens is 1. The van der Waals surface area contributed by atoms with Crippen LogP contribution in [0, 0.1) is 25.2 Å². The van der Waals surface area contributed by atoms with Gasteiger partial charge in [0.2, 0.25) is 0 Å². The number of aromatic amines is 1. The topological polar surface area (TPSA) is 73.7 Å². The summed E-state index contributed by atoms with van der Waals surface area (Å²) in [6, 6.07) is 19.5. The van der Waals surface area contributed by atoms with Crippen molar-refractivity contribution in [3.8, 4) is 17.6 Å². The van der Waals surface area contributed by atoms with Crippen LogP contribution in [0.5, 0.6) is 11.5 Å². The van der Waals surface area contributed by atoms with Gasteiger partial charge >= 0.3 is 0 Å². The van der Waals surface area contributed by atoms with E-state index >= 15 is 0 Å². The number of ether oxygens (including phenoxy) is 1. The Balaban J connectivity index is 1.64. The van der Waals surface area contributed by atoms with E-state index in [4.69, 9.17) is 4.74 Å². The van der Waals surface area contributed by atoms with Crippen molar-refractivity contribution >= 4 is 22.4 Å². The lowest BCUT2D eigenvalue weighted by Crippen LogP contribution is -1.97. The van der Waals surface area contributed by atoms with Crippen LogP contribution in [0.2, 0.25) is 0 Å². The first-order chi connectivity index (χ1) is 13.1. The van der Waals surface area contributed by atoms with Gasteiger partial charge in [-0.05, 0) is 49.1 Å². The summed E-state index contributed by atoms with van der Waals surface area (Å²) in [4.78, 5) is 7.52. The minimum atomic E-state index is 0.292. The first-order valence-electron chi connectivity index (χ1n) is 8.62. The average molecular weight is 354 g/mol. The third-order valence-corrected chi connectivity index (χ3v) is 4.30.